The van der Waals surface area contributed by atoms with Gasteiger partial charge in [-0.1, -0.05) is 6.92 Å². The van der Waals surface area contributed by atoms with Crippen LogP contribution in [0, 0.1) is 5.92 Å². The summed E-state index contributed by atoms with van der Waals surface area (Å²) in [6, 6.07) is 0. The lowest BCUT2D eigenvalue weighted by Gasteiger charge is -2.15. The summed E-state index contributed by atoms with van der Waals surface area (Å²) in [5.74, 6) is -2.25. The molecule has 16 heavy (non-hydrogen) atoms. The predicted octanol–water partition coefficient (Wildman–Crippen LogP) is 1.40. The maximum absolute atomic E-state index is 12.1. The van der Waals surface area contributed by atoms with Gasteiger partial charge < -0.3 is 5.32 Å². The lowest BCUT2D eigenvalue weighted by atomic mass is 10.2. The van der Waals surface area contributed by atoms with Crippen LogP contribution >= 0.6 is 0 Å². The smallest absolute Gasteiger partial charge is 0.350 e. The van der Waals surface area contributed by atoms with E-state index in [9.17, 15) is 18.0 Å². The van der Waals surface area contributed by atoms with E-state index in [1.54, 1.807) is 0 Å². The zero-order valence-corrected chi connectivity index (χ0v) is 8.45. The lowest BCUT2D eigenvalue weighted by molar-refractivity contribution is -0.167. The van der Waals surface area contributed by atoms with E-state index in [0.29, 0.717) is 0 Å². The van der Waals surface area contributed by atoms with Crippen LogP contribution in [0.1, 0.15) is 17.4 Å². The molecule has 0 radical (unpaired) electrons. The van der Waals surface area contributed by atoms with E-state index >= 15 is 0 Å². The zero-order valence-electron chi connectivity index (χ0n) is 8.45. The van der Waals surface area contributed by atoms with Gasteiger partial charge in [-0.15, -0.1) is 0 Å². The average molecular weight is 233 g/mol. The van der Waals surface area contributed by atoms with Crippen molar-refractivity contribution in [1.29, 1.82) is 0 Å². The number of hydrogen-bond donors (Lipinski definition) is 1. The second-order valence-corrected chi connectivity index (χ2v) is 3.24. The fourth-order valence-electron chi connectivity index (χ4n) is 0.868. The Kier molecular flexibility index (Phi) is 3.81. The van der Waals surface area contributed by atoms with Crippen molar-refractivity contribution in [3.8, 4) is 0 Å². The van der Waals surface area contributed by atoms with Crippen LogP contribution in [0.5, 0.6) is 0 Å². The normalized spacial score (nSPS) is 13.2. The van der Waals surface area contributed by atoms with Gasteiger partial charge in [-0.2, -0.15) is 13.2 Å². The van der Waals surface area contributed by atoms with Crippen LogP contribution in [0.2, 0.25) is 0 Å². The zero-order chi connectivity index (χ0) is 12.2. The third-order valence-corrected chi connectivity index (χ3v) is 1.92. The monoisotopic (exact) mass is 233 g/mol. The standard InChI is InChI=1S/C9H10F3N3O/c1-6(9(10,11)12)4-15-8(16)7-5-13-2-3-14-7/h2-3,5-6H,4H2,1H3,(H,15,16). The first-order valence-corrected chi connectivity index (χ1v) is 4.52. The molecule has 1 atom stereocenters. The summed E-state index contributed by atoms with van der Waals surface area (Å²) in [4.78, 5) is 18.6. The van der Waals surface area contributed by atoms with E-state index in [1.165, 1.54) is 18.6 Å². The Hall–Kier alpha value is -1.66. The fraction of sp³-hybridized carbons (Fsp3) is 0.444. The van der Waals surface area contributed by atoms with Gasteiger partial charge in [0.05, 0.1) is 12.1 Å². The van der Waals surface area contributed by atoms with Crippen molar-refractivity contribution in [2.45, 2.75) is 13.1 Å². The molecule has 0 fully saturated rings. The van der Waals surface area contributed by atoms with E-state index < -0.39 is 24.5 Å². The molecule has 1 heterocycles. The molecule has 0 saturated heterocycles. The highest BCUT2D eigenvalue weighted by molar-refractivity contribution is 5.91. The number of carbonyl (C=O) groups is 1. The molecule has 0 saturated carbocycles. The maximum atomic E-state index is 12.1. The minimum Gasteiger partial charge on any atom is -0.350 e. The average Bonchev–Trinajstić information content (AvgIpc) is 2.25. The Morgan fingerprint density at radius 3 is 2.69 bits per heavy atom. The summed E-state index contributed by atoms with van der Waals surface area (Å²) >= 11 is 0. The summed E-state index contributed by atoms with van der Waals surface area (Å²) in [6.45, 7) is 0.524. The molecule has 1 unspecified atom stereocenters. The molecule has 1 aromatic heterocycles. The van der Waals surface area contributed by atoms with Gasteiger partial charge in [0.1, 0.15) is 5.69 Å². The van der Waals surface area contributed by atoms with Gasteiger partial charge in [0.15, 0.2) is 0 Å². The van der Waals surface area contributed by atoms with Crippen LogP contribution in [0.25, 0.3) is 0 Å². The van der Waals surface area contributed by atoms with E-state index in [-0.39, 0.29) is 5.69 Å². The Labute approximate surface area is 89.9 Å². The van der Waals surface area contributed by atoms with Crippen LogP contribution in [0.15, 0.2) is 18.6 Å². The quantitative estimate of drug-likeness (QED) is 0.858. The molecular formula is C9H10F3N3O. The number of rotatable bonds is 3. The van der Waals surface area contributed by atoms with Crippen LogP contribution in [-0.2, 0) is 0 Å². The minimum atomic E-state index is -4.31. The fourth-order valence-corrected chi connectivity index (χ4v) is 0.868. The van der Waals surface area contributed by atoms with E-state index in [2.05, 4.69) is 15.3 Å². The Morgan fingerprint density at radius 1 is 1.50 bits per heavy atom. The summed E-state index contributed by atoms with van der Waals surface area (Å²) in [6.07, 6.45) is -0.458. The largest absolute Gasteiger partial charge is 0.393 e. The third-order valence-electron chi connectivity index (χ3n) is 1.92. The first kappa shape index (κ1) is 12.4. The van der Waals surface area contributed by atoms with Gasteiger partial charge in [-0.3, -0.25) is 9.78 Å². The van der Waals surface area contributed by atoms with Crippen molar-refractivity contribution in [2.75, 3.05) is 6.54 Å². The molecule has 4 nitrogen and oxygen atoms in total. The van der Waals surface area contributed by atoms with Gasteiger partial charge >= 0.3 is 6.18 Å². The van der Waals surface area contributed by atoms with Gasteiger partial charge in [0.25, 0.3) is 5.91 Å². The SMILES string of the molecule is CC(CNC(=O)c1cnccn1)C(F)(F)F. The molecular weight excluding hydrogens is 223 g/mol. The van der Waals surface area contributed by atoms with Crippen LogP contribution in [0.4, 0.5) is 13.2 Å². The topological polar surface area (TPSA) is 54.9 Å². The number of alkyl halides is 3. The van der Waals surface area contributed by atoms with Crippen molar-refractivity contribution in [1.82, 2.24) is 15.3 Å². The second-order valence-electron chi connectivity index (χ2n) is 3.24. The Bertz CT molecular complexity index is 353. The summed E-state index contributed by atoms with van der Waals surface area (Å²) < 4.78 is 36.4. The number of hydrogen-bond acceptors (Lipinski definition) is 3. The van der Waals surface area contributed by atoms with Crippen molar-refractivity contribution in [3.63, 3.8) is 0 Å². The van der Waals surface area contributed by atoms with Crippen molar-refractivity contribution in [2.24, 2.45) is 5.92 Å². The van der Waals surface area contributed by atoms with Gasteiger partial charge in [-0.05, 0) is 0 Å². The van der Waals surface area contributed by atoms with Crippen molar-refractivity contribution < 1.29 is 18.0 Å². The van der Waals surface area contributed by atoms with Crippen molar-refractivity contribution >= 4 is 5.91 Å². The van der Waals surface area contributed by atoms with Crippen LogP contribution in [-0.4, -0.2) is 28.6 Å². The number of nitrogens with one attached hydrogen (secondary N) is 1. The highest BCUT2D eigenvalue weighted by Crippen LogP contribution is 2.24. The molecule has 0 aliphatic carbocycles. The number of halogens is 3. The molecule has 88 valence electrons. The number of nitrogens with zero attached hydrogens (tertiary/aromatic N) is 2. The van der Waals surface area contributed by atoms with Crippen molar-refractivity contribution in [3.05, 3.63) is 24.3 Å². The maximum Gasteiger partial charge on any atom is 0.393 e. The first-order chi connectivity index (χ1) is 7.41. The molecule has 0 aromatic carbocycles. The summed E-state index contributed by atoms with van der Waals surface area (Å²) in [5, 5.41) is 2.14. The molecule has 0 aliphatic rings. The first-order valence-electron chi connectivity index (χ1n) is 4.52. The highest BCUT2D eigenvalue weighted by atomic mass is 19.4. The molecule has 7 heteroatoms. The minimum absolute atomic E-state index is 0.00289. The Morgan fingerprint density at radius 2 is 2.19 bits per heavy atom. The molecule has 1 N–H and O–H groups in total. The predicted molar refractivity (Wildman–Crippen MR) is 49.6 cm³/mol. The van der Waals surface area contributed by atoms with Gasteiger partial charge in [0, 0.05) is 18.9 Å². The Balaban J connectivity index is 2.48. The highest BCUT2D eigenvalue weighted by Gasteiger charge is 2.35. The molecule has 0 spiro atoms. The number of aromatic nitrogens is 2. The number of carbonyl (C=O) groups excluding carboxylic acids is 1. The van der Waals surface area contributed by atoms with E-state index in [4.69, 9.17) is 0 Å². The van der Waals surface area contributed by atoms with E-state index in [1.807, 2.05) is 0 Å². The molecule has 0 aliphatic heterocycles. The molecule has 0 bridgehead atoms. The van der Waals surface area contributed by atoms with E-state index in [0.717, 1.165) is 6.92 Å². The van der Waals surface area contributed by atoms with Gasteiger partial charge in [-0.25, -0.2) is 4.98 Å². The lowest BCUT2D eigenvalue weighted by Crippen LogP contribution is -2.35. The second kappa shape index (κ2) is 4.91. The molecule has 1 rings (SSSR count). The van der Waals surface area contributed by atoms with Gasteiger partial charge in [0.2, 0.25) is 0 Å². The van der Waals surface area contributed by atoms with Crippen LogP contribution < -0.4 is 5.32 Å². The number of amides is 1. The third kappa shape index (κ3) is 3.48. The summed E-state index contributed by atoms with van der Waals surface area (Å²) in [7, 11) is 0. The molecule has 1 amide bonds. The molecule has 1 aromatic rings. The van der Waals surface area contributed by atoms with Crippen LogP contribution in [0.3, 0.4) is 0 Å². The summed E-state index contributed by atoms with van der Waals surface area (Å²) in [5.41, 5.74) is -0.00289.